The number of hydrogen-bond donors (Lipinski definition) is 1. The molecule has 4 rings (SSSR count). The van der Waals surface area contributed by atoms with E-state index in [0.717, 1.165) is 62.4 Å². The van der Waals surface area contributed by atoms with Gasteiger partial charge in [-0.05, 0) is 37.0 Å². The monoisotopic (exact) mass is 406 g/mol. The second kappa shape index (κ2) is 10.3. The molecule has 1 N–H and O–H groups in total. The molecule has 0 spiro atoms. The van der Waals surface area contributed by atoms with Crippen LogP contribution in [-0.4, -0.2) is 60.2 Å². The molecule has 1 aliphatic heterocycles. The Labute approximate surface area is 177 Å². The van der Waals surface area contributed by atoms with Crippen molar-refractivity contribution in [2.75, 3.05) is 44.3 Å². The lowest BCUT2D eigenvalue weighted by atomic mass is 10.2. The highest BCUT2D eigenvalue weighted by atomic mass is 16.5. The molecule has 3 aromatic rings. The van der Waals surface area contributed by atoms with Crippen LogP contribution in [0, 0.1) is 0 Å². The Morgan fingerprint density at radius 2 is 1.80 bits per heavy atom. The van der Waals surface area contributed by atoms with Gasteiger partial charge in [0.05, 0.1) is 17.6 Å². The van der Waals surface area contributed by atoms with E-state index in [-0.39, 0.29) is 5.91 Å². The lowest BCUT2D eigenvalue weighted by molar-refractivity contribution is -0.131. The van der Waals surface area contributed by atoms with E-state index in [1.165, 1.54) is 5.56 Å². The van der Waals surface area contributed by atoms with Crippen LogP contribution in [0.25, 0.3) is 11.0 Å². The number of carbonyl (C=O) groups is 1. The first kappa shape index (κ1) is 20.4. The van der Waals surface area contributed by atoms with E-state index in [2.05, 4.69) is 22.0 Å². The Hall–Kier alpha value is -2.86. The fourth-order valence-electron chi connectivity index (χ4n) is 3.89. The molecule has 1 amide bonds. The number of ether oxygens (including phenoxy) is 1. The molecule has 158 valence electrons. The topological polar surface area (TPSA) is 61.5 Å². The number of benzene rings is 2. The third kappa shape index (κ3) is 5.39. The Morgan fingerprint density at radius 1 is 0.967 bits per heavy atom. The molecule has 2 aromatic carbocycles. The molecule has 0 bridgehead atoms. The quantitative estimate of drug-likeness (QED) is 0.580. The van der Waals surface area contributed by atoms with Crippen LogP contribution in [0.4, 0.5) is 5.95 Å². The summed E-state index contributed by atoms with van der Waals surface area (Å²) in [5, 5.41) is 0. The van der Waals surface area contributed by atoms with Crippen LogP contribution in [0.15, 0.2) is 54.6 Å². The Balaban J connectivity index is 1.17. The van der Waals surface area contributed by atoms with Gasteiger partial charge in [-0.2, -0.15) is 0 Å². The first-order valence-electron chi connectivity index (χ1n) is 10.9. The third-order valence-electron chi connectivity index (χ3n) is 5.58. The summed E-state index contributed by atoms with van der Waals surface area (Å²) in [6.45, 7) is 4.60. The number of amides is 1. The number of hydrogen-bond acceptors (Lipinski definition) is 4. The summed E-state index contributed by atoms with van der Waals surface area (Å²) < 4.78 is 5.71. The number of anilines is 1. The predicted octanol–water partition coefficient (Wildman–Crippen LogP) is 3.64. The highest BCUT2D eigenvalue weighted by Crippen LogP contribution is 2.18. The molecule has 6 nitrogen and oxygen atoms in total. The number of rotatable bonds is 8. The van der Waals surface area contributed by atoms with E-state index in [4.69, 9.17) is 9.72 Å². The highest BCUT2D eigenvalue weighted by molar-refractivity contribution is 5.78. The summed E-state index contributed by atoms with van der Waals surface area (Å²) in [5.41, 5.74) is 3.32. The van der Waals surface area contributed by atoms with E-state index >= 15 is 0 Å². The molecular weight excluding hydrogens is 376 g/mol. The molecular formula is C24H30N4O2. The summed E-state index contributed by atoms with van der Waals surface area (Å²) in [5.74, 6) is 1.13. The Kier molecular flexibility index (Phi) is 6.98. The van der Waals surface area contributed by atoms with Crippen molar-refractivity contribution in [2.24, 2.45) is 0 Å². The molecule has 30 heavy (non-hydrogen) atoms. The normalized spacial score (nSPS) is 14.8. The van der Waals surface area contributed by atoms with Gasteiger partial charge in [0.25, 0.3) is 0 Å². The Bertz CT molecular complexity index is 908. The van der Waals surface area contributed by atoms with Crippen molar-refractivity contribution < 1.29 is 9.53 Å². The van der Waals surface area contributed by atoms with Gasteiger partial charge < -0.3 is 19.5 Å². The standard InChI is InChI=1S/C24H30N4O2/c29-23(12-6-18-30-19-13-20-8-2-1-3-9-20)27-14-7-15-28(17-16-27)24-25-21-10-4-5-11-22(21)26-24/h1-5,8-11H,6-7,12-19H2,(H,25,26). The molecule has 1 fully saturated rings. The maximum Gasteiger partial charge on any atom is 0.222 e. The van der Waals surface area contributed by atoms with Gasteiger partial charge in [-0.15, -0.1) is 0 Å². The minimum absolute atomic E-state index is 0.230. The van der Waals surface area contributed by atoms with Crippen molar-refractivity contribution in [3.63, 3.8) is 0 Å². The number of fused-ring (bicyclic) bond motifs is 1. The van der Waals surface area contributed by atoms with E-state index in [1.807, 2.05) is 47.4 Å². The summed E-state index contributed by atoms with van der Waals surface area (Å²) in [6, 6.07) is 18.4. The molecule has 0 radical (unpaired) electrons. The van der Waals surface area contributed by atoms with Gasteiger partial charge in [-0.25, -0.2) is 4.98 Å². The maximum atomic E-state index is 12.6. The molecule has 0 saturated carbocycles. The second-order valence-electron chi connectivity index (χ2n) is 7.75. The van der Waals surface area contributed by atoms with Gasteiger partial charge in [-0.3, -0.25) is 4.79 Å². The second-order valence-corrected chi connectivity index (χ2v) is 7.75. The zero-order valence-electron chi connectivity index (χ0n) is 17.4. The molecule has 2 heterocycles. The largest absolute Gasteiger partial charge is 0.381 e. The van der Waals surface area contributed by atoms with Crippen LogP contribution in [0.2, 0.25) is 0 Å². The number of carbonyl (C=O) groups excluding carboxylic acids is 1. The van der Waals surface area contributed by atoms with Crippen molar-refractivity contribution >= 4 is 22.9 Å². The van der Waals surface area contributed by atoms with Crippen molar-refractivity contribution in [3.05, 3.63) is 60.2 Å². The van der Waals surface area contributed by atoms with Crippen molar-refractivity contribution in [3.8, 4) is 0 Å². The minimum Gasteiger partial charge on any atom is -0.381 e. The summed E-state index contributed by atoms with van der Waals surface area (Å²) in [6.07, 6.45) is 3.20. The maximum absolute atomic E-state index is 12.6. The smallest absolute Gasteiger partial charge is 0.222 e. The van der Waals surface area contributed by atoms with Gasteiger partial charge in [0.1, 0.15) is 0 Å². The fourth-order valence-corrected chi connectivity index (χ4v) is 3.89. The van der Waals surface area contributed by atoms with Crippen LogP contribution < -0.4 is 4.90 Å². The van der Waals surface area contributed by atoms with Gasteiger partial charge in [-0.1, -0.05) is 42.5 Å². The third-order valence-corrected chi connectivity index (χ3v) is 5.58. The molecule has 0 unspecified atom stereocenters. The summed E-state index contributed by atoms with van der Waals surface area (Å²) in [7, 11) is 0. The van der Waals surface area contributed by atoms with Crippen LogP contribution in [0.5, 0.6) is 0 Å². The van der Waals surface area contributed by atoms with E-state index in [9.17, 15) is 4.79 Å². The summed E-state index contributed by atoms with van der Waals surface area (Å²) >= 11 is 0. The number of nitrogens with zero attached hydrogens (tertiary/aromatic N) is 3. The molecule has 1 aromatic heterocycles. The van der Waals surface area contributed by atoms with E-state index < -0.39 is 0 Å². The highest BCUT2D eigenvalue weighted by Gasteiger charge is 2.20. The molecule has 0 aliphatic carbocycles. The fraction of sp³-hybridized carbons (Fsp3) is 0.417. The van der Waals surface area contributed by atoms with E-state index in [0.29, 0.717) is 19.6 Å². The zero-order valence-corrected chi connectivity index (χ0v) is 17.4. The molecule has 0 atom stereocenters. The van der Waals surface area contributed by atoms with Crippen molar-refractivity contribution in [2.45, 2.75) is 25.7 Å². The predicted molar refractivity (Wildman–Crippen MR) is 120 cm³/mol. The lowest BCUT2D eigenvalue weighted by Gasteiger charge is -2.21. The number of imidazole rings is 1. The summed E-state index contributed by atoms with van der Waals surface area (Å²) in [4.78, 5) is 25.0. The molecule has 1 aliphatic rings. The number of para-hydroxylation sites is 2. The first-order chi connectivity index (χ1) is 14.8. The van der Waals surface area contributed by atoms with Crippen LogP contribution >= 0.6 is 0 Å². The number of aromatic nitrogens is 2. The lowest BCUT2D eigenvalue weighted by Crippen LogP contribution is -2.35. The van der Waals surface area contributed by atoms with E-state index in [1.54, 1.807) is 0 Å². The SMILES string of the molecule is O=C(CCCOCCc1ccccc1)N1CCCN(c2nc3ccccc3[nH]2)CC1. The van der Waals surface area contributed by atoms with Crippen LogP contribution in [-0.2, 0) is 16.0 Å². The van der Waals surface area contributed by atoms with Gasteiger partial charge in [0, 0.05) is 39.2 Å². The number of H-pyrrole nitrogens is 1. The zero-order chi connectivity index (χ0) is 20.6. The number of aromatic amines is 1. The van der Waals surface area contributed by atoms with Gasteiger partial charge >= 0.3 is 0 Å². The van der Waals surface area contributed by atoms with Gasteiger partial charge in [0.15, 0.2) is 0 Å². The first-order valence-corrected chi connectivity index (χ1v) is 10.9. The van der Waals surface area contributed by atoms with Crippen molar-refractivity contribution in [1.29, 1.82) is 0 Å². The Morgan fingerprint density at radius 3 is 2.67 bits per heavy atom. The van der Waals surface area contributed by atoms with Gasteiger partial charge in [0.2, 0.25) is 11.9 Å². The minimum atomic E-state index is 0.230. The van der Waals surface area contributed by atoms with Crippen molar-refractivity contribution in [1.82, 2.24) is 14.9 Å². The van der Waals surface area contributed by atoms with Crippen LogP contribution in [0.3, 0.4) is 0 Å². The molecule has 6 heteroatoms. The average molecular weight is 407 g/mol. The number of nitrogens with one attached hydrogen (secondary N) is 1. The average Bonchev–Trinajstić information content (AvgIpc) is 3.06. The van der Waals surface area contributed by atoms with Crippen LogP contribution in [0.1, 0.15) is 24.8 Å². The molecule has 1 saturated heterocycles.